The Morgan fingerprint density at radius 2 is 1.92 bits per heavy atom. The van der Waals surface area contributed by atoms with Gasteiger partial charge in [0, 0.05) is 23.9 Å². The summed E-state index contributed by atoms with van der Waals surface area (Å²) >= 11 is 0. The van der Waals surface area contributed by atoms with Crippen LogP contribution < -0.4 is 0 Å². The number of halogens is 2. The molecule has 1 unspecified atom stereocenters. The van der Waals surface area contributed by atoms with E-state index in [0.29, 0.717) is 6.42 Å². The number of nitrogens with zero attached hydrogens (tertiary/aromatic N) is 1. The highest BCUT2D eigenvalue weighted by Crippen LogP contribution is 2.42. The van der Waals surface area contributed by atoms with Crippen LogP contribution in [-0.2, 0) is 6.42 Å². The quantitative estimate of drug-likeness (QED) is 0.652. The average Bonchev–Trinajstić information content (AvgIpc) is 2.73. The number of fused-ring (bicyclic) bond motifs is 1. The van der Waals surface area contributed by atoms with E-state index in [1.54, 1.807) is 31.3 Å². The van der Waals surface area contributed by atoms with Gasteiger partial charge in [-0.25, -0.2) is 8.78 Å². The van der Waals surface area contributed by atoms with Gasteiger partial charge in [0.05, 0.1) is 0 Å². The Morgan fingerprint density at radius 3 is 2.72 bits per heavy atom. The van der Waals surface area contributed by atoms with E-state index < -0.39 is 5.67 Å². The third-order valence-electron chi connectivity index (χ3n) is 4.85. The van der Waals surface area contributed by atoms with Gasteiger partial charge in [0.15, 0.2) is 0 Å². The predicted octanol–water partition coefficient (Wildman–Crippen LogP) is 5.69. The molecule has 3 heteroatoms. The first-order valence-corrected chi connectivity index (χ1v) is 8.54. The number of allylic oxidation sites excluding steroid dienone is 5. The molecule has 0 spiro atoms. The molecule has 0 N–H and O–H groups in total. The summed E-state index contributed by atoms with van der Waals surface area (Å²) in [5.74, 6) is -0.254. The maximum atomic E-state index is 14.5. The van der Waals surface area contributed by atoms with Gasteiger partial charge in [0.1, 0.15) is 11.5 Å². The van der Waals surface area contributed by atoms with E-state index in [2.05, 4.69) is 11.1 Å². The first-order valence-electron chi connectivity index (χ1n) is 8.54. The van der Waals surface area contributed by atoms with E-state index in [1.807, 2.05) is 18.2 Å². The zero-order chi connectivity index (χ0) is 17.4. The lowest BCUT2D eigenvalue weighted by Gasteiger charge is -2.25. The van der Waals surface area contributed by atoms with Gasteiger partial charge >= 0.3 is 0 Å². The lowest BCUT2D eigenvalue weighted by Crippen LogP contribution is -2.19. The number of aromatic nitrogens is 1. The highest BCUT2D eigenvalue weighted by molar-refractivity contribution is 5.94. The first-order chi connectivity index (χ1) is 12.0. The lowest BCUT2D eigenvalue weighted by molar-refractivity contribution is 0.251. The molecule has 0 saturated heterocycles. The second kappa shape index (κ2) is 6.07. The molecule has 126 valence electrons. The fraction of sp³-hybridized carbons (Fsp3) is 0.227. The van der Waals surface area contributed by atoms with E-state index in [0.717, 1.165) is 46.4 Å². The number of hydrogen-bond donors (Lipinski definition) is 0. The van der Waals surface area contributed by atoms with Crippen molar-refractivity contribution < 1.29 is 8.78 Å². The molecule has 4 rings (SSSR count). The fourth-order valence-electron chi connectivity index (χ4n) is 3.63. The van der Waals surface area contributed by atoms with Crippen LogP contribution in [-0.4, -0.2) is 10.7 Å². The van der Waals surface area contributed by atoms with Crippen LogP contribution in [0.15, 0.2) is 65.9 Å². The zero-order valence-electron chi connectivity index (χ0n) is 14.1. The molecule has 1 heterocycles. The Kier molecular flexibility index (Phi) is 3.87. The van der Waals surface area contributed by atoms with E-state index >= 15 is 0 Å². The molecule has 0 amide bonds. The Bertz CT molecular complexity index is 902. The van der Waals surface area contributed by atoms with Crippen LogP contribution in [0.2, 0.25) is 0 Å². The third kappa shape index (κ3) is 3.19. The minimum absolute atomic E-state index is 0.254. The molecule has 2 aliphatic rings. The van der Waals surface area contributed by atoms with E-state index in [1.165, 1.54) is 12.1 Å². The Morgan fingerprint density at radius 1 is 1.12 bits per heavy atom. The van der Waals surface area contributed by atoms with E-state index in [9.17, 15) is 8.78 Å². The average molecular weight is 335 g/mol. The number of hydrogen-bond acceptors (Lipinski definition) is 1. The van der Waals surface area contributed by atoms with Crippen LogP contribution in [0.5, 0.6) is 0 Å². The van der Waals surface area contributed by atoms with Crippen molar-refractivity contribution >= 4 is 11.6 Å². The highest BCUT2D eigenvalue weighted by Gasteiger charge is 2.30. The molecule has 1 nitrogen and oxygen atoms in total. The van der Waals surface area contributed by atoms with E-state index in [-0.39, 0.29) is 5.82 Å². The summed E-state index contributed by atoms with van der Waals surface area (Å²) in [6.07, 6.45) is 9.42. The normalized spacial score (nSPS) is 24.0. The van der Waals surface area contributed by atoms with Gasteiger partial charge in [-0.1, -0.05) is 29.8 Å². The summed E-state index contributed by atoms with van der Waals surface area (Å²) in [6.45, 7) is 1.62. The van der Waals surface area contributed by atoms with Crippen molar-refractivity contribution in [2.24, 2.45) is 0 Å². The highest BCUT2D eigenvalue weighted by atomic mass is 19.1. The number of rotatable bonds is 1. The maximum absolute atomic E-state index is 14.5. The van der Waals surface area contributed by atoms with Gasteiger partial charge in [-0.2, -0.15) is 0 Å². The molecule has 0 aliphatic heterocycles. The van der Waals surface area contributed by atoms with Crippen LogP contribution in [0, 0.1) is 5.82 Å². The van der Waals surface area contributed by atoms with E-state index in [4.69, 9.17) is 0 Å². The summed E-state index contributed by atoms with van der Waals surface area (Å²) < 4.78 is 27.7. The summed E-state index contributed by atoms with van der Waals surface area (Å²) in [5.41, 5.74) is 4.95. The monoisotopic (exact) mass is 335 g/mol. The minimum Gasteiger partial charge on any atom is -0.261 e. The molecule has 0 saturated carbocycles. The molecule has 0 fully saturated rings. The van der Waals surface area contributed by atoms with Gasteiger partial charge in [0.2, 0.25) is 0 Å². The van der Waals surface area contributed by atoms with Crippen LogP contribution in [0.3, 0.4) is 0 Å². The Hall–Kier alpha value is -2.55. The van der Waals surface area contributed by atoms with Crippen molar-refractivity contribution in [1.82, 2.24) is 4.98 Å². The molecular weight excluding hydrogens is 316 g/mol. The Balaban J connectivity index is 1.89. The van der Waals surface area contributed by atoms with Crippen molar-refractivity contribution in [1.29, 1.82) is 0 Å². The second-order valence-corrected chi connectivity index (χ2v) is 6.91. The van der Waals surface area contributed by atoms with Crippen LogP contribution in [0.4, 0.5) is 8.78 Å². The molecule has 1 aromatic carbocycles. The van der Waals surface area contributed by atoms with Crippen LogP contribution >= 0.6 is 0 Å². The summed E-state index contributed by atoms with van der Waals surface area (Å²) in [4.78, 5) is 4.53. The van der Waals surface area contributed by atoms with Gasteiger partial charge < -0.3 is 0 Å². The topological polar surface area (TPSA) is 12.9 Å². The van der Waals surface area contributed by atoms with Crippen molar-refractivity contribution in [3.05, 3.63) is 88.5 Å². The molecule has 2 aromatic rings. The first kappa shape index (κ1) is 15.9. The number of pyridine rings is 1. The fourth-order valence-corrected chi connectivity index (χ4v) is 3.63. The van der Waals surface area contributed by atoms with Crippen molar-refractivity contribution in [2.75, 3.05) is 0 Å². The maximum Gasteiger partial charge on any atom is 0.130 e. The smallest absolute Gasteiger partial charge is 0.130 e. The van der Waals surface area contributed by atoms with Crippen LogP contribution in [0.1, 0.15) is 36.6 Å². The molecular formula is C22H19F2N. The number of benzene rings is 1. The molecule has 1 atom stereocenters. The van der Waals surface area contributed by atoms with Crippen molar-refractivity contribution in [3.63, 3.8) is 0 Å². The van der Waals surface area contributed by atoms with Crippen LogP contribution in [0.25, 0.3) is 11.6 Å². The van der Waals surface area contributed by atoms with Gasteiger partial charge in [-0.3, -0.25) is 4.98 Å². The number of aryl methyl sites for hydroxylation is 1. The molecule has 1 aromatic heterocycles. The summed E-state index contributed by atoms with van der Waals surface area (Å²) in [5, 5.41) is 0. The SMILES string of the molecule is CC1(F)C=CC2=C(CCc3ncccc3/C2=C/c2ccc(F)cc2)C1. The summed E-state index contributed by atoms with van der Waals surface area (Å²) in [6, 6.07) is 10.4. The van der Waals surface area contributed by atoms with Gasteiger partial charge in [-0.05, 0) is 66.8 Å². The molecule has 0 radical (unpaired) electrons. The molecule has 25 heavy (non-hydrogen) atoms. The Labute approximate surface area is 146 Å². The summed E-state index contributed by atoms with van der Waals surface area (Å²) in [7, 11) is 0. The van der Waals surface area contributed by atoms with Gasteiger partial charge in [-0.15, -0.1) is 0 Å². The zero-order valence-corrected chi connectivity index (χ0v) is 14.1. The standard InChI is InChI=1S/C22H19F2N/c1-22(24)11-10-18-16(14-22)6-9-21-19(3-2-12-25-21)20(18)13-15-4-7-17(23)8-5-15/h2-5,7-8,10-13H,6,9,14H2,1H3/b20-13+. The second-order valence-electron chi connectivity index (χ2n) is 6.91. The third-order valence-corrected chi connectivity index (χ3v) is 4.85. The minimum atomic E-state index is -1.30. The van der Waals surface area contributed by atoms with Crippen molar-refractivity contribution in [3.8, 4) is 0 Å². The number of alkyl halides is 1. The predicted molar refractivity (Wildman–Crippen MR) is 97.1 cm³/mol. The molecule has 2 aliphatic carbocycles. The van der Waals surface area contributed by atoms with Gasteiger partial charge in [0.25, 0.3) is 0 Å². The van der Waals surface area contributed by atoms with Crippen molar-refractivity contribution in [2.45, 2.75) is 31.9 Å². The largest absolute Gasteiger partial charge is 0.261 e. The molecule has 0 bridgehead atoms. The lowest BCUT2D eigenvalue weighted by atomic mass is 9.83.